The molecule has 2 amide bonds. The van der Waals surface area contributed by atoms with Crippen LogP contribution in [0.3, 0.4) is 0 Å². The summed E-state index contributed by atoms with van der Waals surface area (Å²) in [7, 11) is 0. The SMILES string of the molecule is Cc1cccc(C)c1N1CC(C(=O)Nc2ccccc2C(C)(C)C)CC1=O. The van der Waals surface area contributed by atoms with Crippen molar-refractivity contribution in [3.05, 3.63) is 59.2 Å². The standard InChI is InChI=1S/C23H28N2O2/c1-15-9-8-10-16(2)21(15)25-14-17(13-20(25)26)22(27)24-19-12-7-6-11-18(19)23(3,4)5/h6-12,17H,13-14H2,1-5H3,(H,24,27). The van der Waals surface area contributed by atoms with Gasteiger partial charge in [0.25, 0.3) is 0 Å². The summed E-state index contributed by atoms with van der Waals surface area (Å²) in [5.74, 6) is -0.421. The molecule has 27 heavy (non-hydrogen) atoms. The fourth-order valence-corrected chi connectivity index (χ4v) is 3.81. The first-order valence-electron chi connectivity index (χ1n) is 9.45. The van der Waals surface area contributed by atoms with Gasteiger partial charge in [0.2, 0.25) is 11.8 Å². The molecule has 1 saturated heterocycles. The minimum absolute atomic E-state index is 0.0108. The van der Waals surface area contributed by atoms with Crippen LogP contribution in [0.5, 0.6) is 0 Å². The first kappa shape index (κ1) is 19.2. The molecular formula is C23H28N2O2. The minimum atomic E-state index is -0.343. The Balaban J connectivity index is 1.80. The van der Waals surface area contributed by atoms with Gasteiger partial charge in [0, 0.05) is 24.3 Å². The molecule has 0 saturated carbocycles. The van der Waals surface area contributed by atoms with Crippen LogP contribution >= 0.6 is 0 Å². The van der Waals surface area contributed by atoms with Gasteiger partial charge in [0.15, 0.2) is 0 Å². The maximum Gasteiger partial charge on any atom is 0.229 e. The molecule has 0 spiro atoms. The molecule has 142 valence electrons. The van der Waals surface area contributed by atoms with Crippen LogP contribution < -0.4 is 10.2 Å². The highest BCUT2D eigenvalue weighted by atomic mass is 16.2. The number of benzene rings is 2. The fraction of sp³-hybridized carbons (Fsp3) is 0.391. The second kappa shape index (κ2) is 7.18. The van der Waals surface area contributed by atoms with Crippen molar-refractivity contribution in [1.29, 1.82) is 0 Å². The van der Waals surface area contributed by atoms with Gasteiger partial charge < -0.3 is 10.2 Å². The average molecular weight is 364 g/mol. The third-order valence-corrected chi connectivity index (χ3v) is 5.20. The quantitative estimate of drug-likeness (QED) is 0.866. The van der Waals surface area contributed by atoms with Gasteiger partial charge >= 0.3 is 0 Å². The van der Waals surface area contributed by atoms with E-state index in [0.29, 0.717) is 6.54 Å². The van der Waals surface area contributed by atoms with Gasteiger partial charge in [-0.1, -0.05) is 57.2 Å². The molecule has 1 heterocycles. The summed E-state index contributed by atoms with van der Waals surface area (Å²) in [6.45, 7) is 10.8. The molecule has 1 N–H and O–H groups in total. The molecule has 0 aromatic heterocycles. The number of carbonyl (C=O) groups is 2. The Bertz CT molecular complexity index is 860. The summed E-state index contributed by atoms with van der Waals surface area (Å²) in [4.78, 5) is 27.3. The molecule has 1 aliphatic heterocycles. The Hall–Kier alpha value is -2.62. The number of nitrogens with zero attached hydrogens (tertiary/aromatic N) is 1. The minimum Gasteiger partial charge on any atom is -0.326 e. The highest BCUT2D eigenvalue weighted by Gasteiger charge is 2.36. The second-order valence-corrected chi connectivity index (χ2v) is 8.43. The summed E-state index contributed by atoms with van der Waals surface area (Å²) >= 11 is 0. The summed E-state index contributed by atoms with van der Waals surface area (Å²) in [6.07, 6.45) is 0.247. The predicted octanol–water partition coefficient (Wildman–Crippen LogP) is 4.59. The van der Waals surface area contributed by atoms with Crippen LogP contribution in [0.15, 0.2) is 42.5 Å². The van der Waals surface area contributed by atoms with E-state index in [1.807, 2.05) is 56.3 Å². The molecule has 0 radical (unpaired) electrons. The van der Waals surface area contributed by atoms with Crippen LogP contribution in [0.2, 0.25) is 0 Å². The molecule has 1 atom stereocenters. The lowest BCUT2D eigenvalue weighted by molar-refractivity contribution is -0.122. The number of hydrogen-bond acceptors (Lipinski definition) is 2. The Kier molecular flexibility index (Phi) is 5.09. The Labute approximate surface area is 161 Å². The lowest BCUT2D eigenvalue weighted by Crippen LogP contribution is -2.29. The lowest BCUT2D eigenvalue weighted by Gasteiger charge is -2.24. The molecule has 0 aliphatic carbocycles. The van der Waals surface area contributed by atoms with Gasteiger partial charge in [-0.3, -0.25) is 9.59 Å². The fourth-order valence-electron chi connectivity index (χ4n) is 3.81. The first-order chi connectivity index (χ1) is 12.7. The third kappa shape index (κ3) is 3.90. The average Bonchev–Trinajstić information content (AvgIpc) is 2.96. The number of nitrogens with one attached hydrogen (secondary N) is 1. The normalized spacial score (nSPS) is 17.3. The molecule has 1 unspecified atom stereocenters. The zero-order valence-electron chi connectivity index (χ0n) is 16.8. The number of amides is 2. The van der Waals surface area contributed by atoms with Gasteiger partial charge in [-0.15, -0.1) is 0 Å². The molecule has 1 fully saturated rings. The Morgan fingerprint density at radius 3 is 2.30 bits per heavy atom. The van der Waals surface area contributed by atoms with Crippen LogP contribution in [0, 0.1) is 19.8 Å². The van der Waals surface area contributed by atoms with Crippen molar-refractivity contribution in [3.63, 3.8) is 0 Å². The van der Waals surface area contributed by atoms with Crippen molar-refractivity contribution < 1.29 is 9.59 Å². The Morgan fingerprint density at radius 2 is 1.67 bits per heavy atom. The summed E-state index contributed by atoms with van der Waals surface area (Å²) in [5.41, 5.74) is 4.90. The van der Waals surface area contributed by atoms with Crippen LogP contribution in [0.25, 0.3) is 0 Å². The maximum atomic E-state index is 12.9. The highest BCUT2D eigenvalue weighted by molar-refractivity contribution is 6.04. The van der Waals surface area contributed by atoms with Gasteiger partial charge in [-0.25, -0.2) is 0 Å². The predicted molar refractivity (Wildman–Crippen MR) is 110 cm³/mol. The zero-order valence-corrected chi connectivity index (χ0v) is 16.8. The van der Waals surface area contributed by atoms with Crippen LogP contribution in [-0.4, -0.2) is 18.4 Å². The monoisotopic (exact) mass is 364 g/mol. The van der Waals surface area contributed by atoms with Gasteiger partial charge in [0.05, 0.1) is 5.92 Å². The van der Waals surface area contributed by atoms with Crippen molar-refractivity contribution in [3.8, 4) is 0 Å². The van der Waals surface area contributed by atoms with Gasteiger partial charge in [-0.2, -0.15) is 0 Å². The van der Waals surface area contributed by atoms with Crippen molar-refractivity contribution >= 4 is 23.2 Å². The number of rotatable bonds is 3. The molecule has 2 aromatic rings. The van der Waals surface area contributed by atoms with E-state index < -0.39 is 0 Å². The lowest BCUT2D eigenvalue weighted by atomic mass is 9.85. The number of aryl methyl sites for hydroxylation is 2. The zero-order chi connectivity index (χ0) is 19.8. The van der Waals surface area contributed by atoms with E-state index in [1.54, 1.807) is 4.90 Å². The third-order valence-electron chi connectivity index (χ3n) is 5.20. The highest BCUT2D eigenvalue weighted by Crippen LogP contribution is 2.33. The van der Waals surface area contributed by atoms with E-state index in [9.17, 15) is 9.59 Å². The van der Waals surface area contributed by atoms with E-state index in [0.717, 1.165) is 28.1 Å². The second-order valence-electron chi connectivity index (χ2n) is 8.43. The summed E-state index contributed by atoms with van der Waals surface area (Å²) in [6, 6.07) is 13.9. The number of carbonyl (C=O) groups excluding carboxylic acids is 2. The number of para-hydroxylation sites is 2. The van der Waals surface area contributed by atoms with Crippen LogP contribution in [0.1, 0.15) is 43.9 Å². The van der Waals surface area contributed by atoms with Gasteiger partial charge in [-0.05, 0) is 42.0 Å². The largest absolute Gasteiger partial charge is 0.326 e. The molecule has 4 nitrogen and oxygen atoms in total. The smallest absolute Gasteiger partial charge is 0.229 e. The van der Waals surface area contributed by atoms with Crippen LogP contribution in [0.4, 0.5) is 11.4 Å². The van der Waals surface area contributed by atoms with E-state index in [-0.39, 0.29) is 29.6 Å². The summed E-state index contributed by atoms with van der Waals surface area (Å²) in [5, 5.41) is 3.06. The van der Waals surface area contributed by atoms with Crippen LogP contribution in [-0.2, 0) is 15.0 Å². The topological polar surface area (TPSA) is 49.4 Å². The van der Waals surface area contributed by atoms with E-state index in [1.165, 1.54) is 0 Å². The van der Waals surface area contributed by atoms with E-state index >= 15 is 0 Å². The molecule has 4 heteroatoms. The molecule has 2 aromatic carbocycles. The van der Waals surface area contributed by atoms with E-state index in [2.05, 4.69) is 26.1 Å². The van der Waals surface area contributed by atoms with E-state index in [4.69, 9.17) is 0 Å². The van der Waals surface area contributed by atoms with Crippen molar-refractivity contribution in [2.24, 2.45) is 5.92 Å². The number of hydrogen-bond donors (Lipinski definition) is 1. The van der Waals surface area contributed by atoms with Crippen molar-refractivity contribution in [2.75, 3.05) is 16.8 Å². The molecule has 3 rings (SSSR count). The molecular weight excluding hydrogens is 336 g/mol. The van der Waals surface area contributed by atoms with Crippen molar-refractivity contribution in [2.45, 2.75) is 46.5 Å². The molecule has 1 aliphatic rings. The summed E-state index contributed by atoms with van der Waals surface area (Å²) < 4.78 is 0. The van der Waals surface area contributed by atoms with Gasteiger partial charge in [0.1, 0.15) is 0 Å². The van der Waals surface area contributed by atoms with Crippen molar-refractivity contribution in [1.82, 2.24) is 0 Å². The maximum absolute atomic E-state index is 12.9. The Morgan fingerprint density at radius 1 is 1.04 bits per heavy atom. The number of anilines is 2. The first-order valence-corrected chi connectivity index (χ1v) is 9.45. The molecule has 0 bridgehead atoms.